The number of nitrogens with zero attached hydrogens (tertiary/aromatic N) is 2. The van der Waals surface area contributed by atoms with Crippen LogP contribution in [0.25, 0.3) is 5.69 Å². The molecular formula is C18H12Br3N3O2. The van der Waals surface area contributed by atoms with Crippen molar-refractivity contribution in [3.8, 4) is 11.4 Å². The smallest absolute Gasteiger partial charge is 0.273 e. The minimum Gasteiger partial charge on any atom is -0.506 e. The largest absolute Gasteiger partial charge is 0.506 e. The number of para-hydroxylation sites is 1. The molecule has 0 atom stereocenters. The van der Waals surface area contributed by atoms with Crippen LogP contribution >= 0.6 is 47.8 Å². The van der Waals surface area contributed by atoms with Gasteiger partial charge in [-0.1, -0.05) is 28.1 Å². The number of rotatable bonds is 4. The van der Waals surface area contributed by atoms with Crippen molar-refractivity contribution in [1.29, 1.82) is 0 Å². The van der Waals surface area contributed by atoms with Crippen LogP contribution in [-0.4, -0.2) is 21.8 Å². The van der Waals surface area contributed by atoms with E-state index in [2.05, 4.69) is 58.3 Å². The van der Waals surface area contributed by atoms with Crippen LogP contribution in [0.5, 0.6) is 5.75 Å². The first-order valence-electron chi connectivity index (χ1n) is 7.41. The molecule has 0 spiro atoms. The number of phenolic OH excluding ortho intramolecular Hbond substituents is 1. The maximum Gasteiger partial charge on any atom is 0.273 e. The first-order valence-corrected chi connectivity index (χ1v) is 9.79. The topological polar surface area (TPSA) is 66.6 Å². The third kappa shape index (κ3) is 3.92. The van der Waals surface area contributed by atoms with Crippen molar-refractivity contribution in [2.24, 2.45) is 5.10 Å². The molecule has 0 radical (unpaired) electrons. The molecule has 1 aromatic heterocycles. The molecule has 5 nitrogen and oxygen atoms in total. The highest BCUT2D eigenvalue weighted by Gasteiger charge is 2.13. The molecule has 3 rings (SSSR count). The lowest BCUT2D eigenvalue weighted by Gasteiger charge is -2.09. The van der Waals surface area contributed by atoms with Gasteiger partial charge in [0.2, 0.25) is 0 Å². The Labute approximate surface area is 175 Å². The maximum absolute atomic E-state index is 12.5. The van der Waals surface area contributed by atoms with Gasteiger partial charge in [-0.05, 0) is 62.2 Å². The average molecular weight is 542 g/mol. The Morgan fingerprint density at radius 2 is 1.77 bits per heavy atom. The summed E-state index contributed by atoms with van der Waals surface area (Å²) in [5, 5.41) is 14.0. The Morgan fingerprint density at radius 1 is 1.08 bits per heavy atom. The van der Waals surface area contributed by atoms with E-state index >= 15 is 0 Å². The van der Waals surface area contributed by atoms with Gasteiger partial charge in [-0.2, -0.15) is 5.10 Å². The SMILES string of the molecule is O=C(NN=Cc1c(Br)cc(Br)c(O)c1Br)c1ccccc1-n1cccc1. The number of halogens is 3. The molecule has 0 saturated carbocycles. The molecular weight excluding hydrogens is 530 g/mol. The number of nitrogens with one attached hydrogen (secondary N) is 1. The molecule has 0 saturated heterocycles. The van der Waals surface area contributed by atoms with E-state index in [-0.39, 0.29) is 11.7 Å². The molecule has 0 bridgehead atoms. The quantitative estimate of drug-likeness (QED) is 0.351. The van der Waals surface area contributed by atoms with Gasteiger partial charge in [0.25, 0.3) is 5.91 Å². The molecule has 132 valence electrons. The van der Waals surface area contributed by atoms with Crippen molar-refractivity contribution >= 4 is 59.9 Å². The monoisotopic (exact) mass is 539 g/mol. The Hall–Kier alpha value is -1.90. The molecule has 3 aromatic rings. The Kier molecular flexibility index (Phi) is 5.95. The molecule has 26 heavy (non-hydrogen) atoms. The lowest BCUT2D eigenvalue weighted by Crippen LogP contribution is -2.19. The van der Waals surface area contributed by atoms with E-state index in [9.17, 15) is 9.90 Å². The fourth-order valence-electron chi connectivity index (χ4n) is 2.31. The zero-order chi connectivity index (χ0) is 18.7. The van der Waals surface area contributed by atoms with Crippen molar-refractivity contribution in [3.05, 3.63) is 79.4 Å². The zero-order valence-electron chi connectivity index (χ0n) is 13.2. The summed E-state index contributed by atoms with van der Waals surface area (Å²) in [5.41, 5.74) is 4.38. The molecule has 2 N–H and O–H groups in total. The summed E-state index contributed by atoms with van der Waals surface area (Å²) in [6.45, 7) is 0. The van der Waals surface area contributed by atoms with Crippen molar-refractivity contribution < 1.29 is 9.90 Å². The number of phenols is 1. The number of hydrogen-bond acceptors (Lipinski definition) is 3. The number of aromatic nitrogens is 1. The average Bonchev–Trinajstić information content (AvgIpc) is 3.17. The molecule has 0 aliphatic rings. The fourth-order valence-corrected chi connectivity index (χ4v) is 4.64. The highest BCUT2D eigenvalue weighted by atomic mass is 79.9. The van der Waals surface area contributed by atoms with Crippen molar-refractivity contribution in [1.82, 2.24) is 9.99 Å². The third-order valence-electron chi connectivity index (χ3n) is 3.57. The van der Waals surface area contributed by atoms with E-state index in [1.165, 1.54) is 6.21 Å². The summed E-state index contributed by atoms with van der Waals surface area (Å²) in [6, 6.07) is 12.7. The fraction of sp³-hybridized carbons (Fsp3) is 0. The molecule has 0 aliphatic carbocycles. The summed E-state index contributed by atoms with van der Waals surface area (Å²) in [4.78, 5) is 12.5. The van der Waals surface area contributed by atoms with E-state index in [4.69, 9.17) is 0 Å². The van der Waals surface area contributed by atoms with Crippen LogP contribution in [0.3, 0.4) is 0 Å². The number of carbonyl (C=O) groups is 1. The van der Waals surface area contributed by atoms with Crippen LogP contribution in [0.2, 0.25) is 0 Å². The molecule has 0 fully saturated rings. The Bertz CT molecular complexity index is 986. The Morgan fingerprint density at radius 3 is 2.50 bits per heavy atom. The van der Waals surface area contributed by atoms with Gasteiger partial charge in [-0.15, -0.1) is 0 Å². The molecule has 2 aromatic carbocycles. The molecule has 0 unspecified atom stereocenters. The van der Waals surface area contributed by atoms with Crippen molar-refractivity contribution in [2.75, 3.05) is 0 Å². The number of benzene rings is 2. The van der Waals surface area contributed by atoms with Gasteiger partial charge in [0, 0.05) is 22.4 Å². The molecule has 8 heteroatoms. The lowest BCUT2D eigenvalue weighted by molar-refractivity contribution is 0.0955. The highest BCUT2D eigenvalue weighted by Crippen LogP contribution is 2.38. The number of hydrazone groups is 1. The van der Waals surface area contributed by atoms with E-state index in [1.54, 1.807) is 18.2 Å². The maximum atomic E-state index is 12.5. The minimum atomic E-state index is -0.334. The van der Waals surface area contributed by atoms with Crippen LogP contribution in [0.15, 0.2) is 73.4 Å². The lowest BCUT2D eigenvalue weighted by atomic mass is 10.1. The van der Waals surface area contributed by atoms with Crippen LogP contribution in [0.4, 0.5) is 0 Å². The second kappa shape index (κ2) is 8.20. The van der Waals surface area contributed by atoms with Gasteiger partial charge in [0.05, 0.1) is 26.4 Å². The molecule has 1 amide bonds. The van der Waals surface area contributed by atoms with Gasteiger partial charge in [-0.25, -0.2) is 5.43 Å². The molecule has 0 aliphatic heterocycles. The van der Waals surface area contributed by atoms with E-state index in [0.717, 1.165) is 5.69 Å². The van der Waals surface area contributed by atoms with E-state index in [0.29, 0.717) is 24.5 Å². The van der Waals surface area contributed by atoms with Gasteiger partial charge < -0.3 is 9.67 Å². The second-order valence-corrected chi connectivity index (χ2v) is 7.72. The standard InChI is InChI=1S/C18H12Br3N3O2/c19-13-9-14(20)17(25)16(21)12(13)10-22-23-18(26)11-5-1-2-6-15(11)24-7-3-4-8-24/h1-10,25H,(H,23,26). The normalized spacial score (nSPS) is 11.0. The first kappa shape index (κ1) is 18.9. The summed E-state index contributed by atoms with van der Waals surface area (Å²) in [7, 11) is 0. The van der Waals surface area contributed by atoms with Gasteiger partial charge in [0.15, 0.2) is 0 Å². The van der Waals surface area contributed by atoms with Gasteiger partial charge >= 0.3 is 0 Å². The van der Waals surface area contributed by atoms with Crippen molar-refractivity contribution in [2.45, 2.75) is 0 Å². The summed E-state index contributed by atoms with van der Waals surface area (Å²) in [6.07, 6.45) is 5.19. The van der Waals surface area contributed by atoms with E-state index < -0.39 is 0 Å². The van der Waals surface area contributed by atoms with Crippen LogP contribution < -0.4 is 5.43 Å². The summed E-state index contributed by atoms with van der Waals surface area (Å²) < 4.78 is 3.57. The number of aromatic hydroxyl groups is 1. The van der Waals surface area contributed by atoms with Gasteiger partial charge in [-0.3, -0.25) is 4.79 Å². The third-order valence-corrected chi connectivity index (χ3v) is 5.64. The van der Waals surface area contributed by atoms with Crippen LogP contribution in [0, 0.1) is 0 Å². The van der Waals surface area contributed by atoms with Gasteiger partial charge in [0.1, 0.15) is 5.75 Å². The minimum absolute atomic E-state index is 0.0546. The second-order valence-electron chi connectivity index (χ2n) is 5.22. The van der Waals surface area contributed by atoms with E-state index in [1.807, 2.05) is 41.2 Å². The van der Waals surface area contributed by atoms with Crippen molar-refractivity contribution in [3.63, 3.8) is 0 Å². The summed E-state index contributed by atoms with van der Waals surface area (Å²) in [5.74, 6) is -0.280. The first-order chi connectivity index (χ1) is 12.5. The highest BCUT2D eigenvalue weighted by molar-refractivity contribution is 9.11. The Balaban J connectivity index is 1.83. The summed E-state index contributed by atoms with van der Waals surface area (Å²) >= 11 is 9.97. The predicted molar refractivity (Wildman–Crippen MR) is 112 cm³/mol. The predicted octanol–water partition coefficient (Wildman–Crippen LogP) is 5.23. The number of amides is 1. The number of hydrogen-bond donors (Lipinski definition) is 2. The zero-order valence-corrected chi connectivity index (χ0v) is 17.9. The van der Waals surface area contributed by atoms with Crippen LogP contribution in [0.1, 0.15) is 15.9 Å². The number of carbonyl (C=O) groups excluding carboxylic acids is 1. The molecule has 1 heterocycles. The van der Waals surface area contributed by atoms with Crippen LogP contribution in [-0.2, 0) is 0 Å².